The molecule has 0 unspecified atom stereocenters. The van der Waals surface area contributed by atoms with Gasteiger partial charge in [-0.2, -0.15) is 0 Å². The highest BCUT2D eigenvalue weighted by Gasteiger charge is 2.27. The highest BCUT2D eigenvalue weighted by Crippen LogP contribution is 2.15. The fourth-order valence-corrected chi connectivity index (χ4v) is 2.25. The monoisotopic (exact) mass is 341 g/mol. The SMILES string of the molecule is CC(C)(C)OC(=O)N1CCN(C(=O)Nc2cc(F)cc(F)c2)CC1. The van der Waals surface area contributed by atoms with Gasteiger partial charge in [0.1, 0.15) is 17.2 Å². The zero-order valence-corrected chi connectivity index (χ0v) is 13.9. The van der Waals surface area contributed by atoms with Gasteiger partial charge in [-0.05, 0) is 32.9 Å². The van der Waals surface area contributed by atoms with Crippen molar-refractivity contribution in [2.24, 2.45) is 0 Å². The number of nitrogens with one attached hydrogen (secondary N) is 1. The topological polar surface area (TPSA) is 61.9 Å². The van der Waals surface area contributed by atoms with Gasteiger partial charge in [0.05, 0.1) is 0 Å². The second-order valence-electron chi connectivity index (χ2n) is 6.54. The number of nitrogens with zero attached hydrogens (tertiary/aromatic N) is 2. The van der Waals surface area contributed by atoms with Crippen molar-refractivity contribution in [1.29, 1.82) is 0 Å². The minimum absolute atomic E-state index is 0.0482. The molecule has 24 heavy (non-hydrogen) atoms. The van der Waals surface area contributed by atoms with E-state index in [2.05, 4.69) is 5.32 Å². The summed E-state index contributed by atoms with van der Waals surface area (Å²) in [6.45, 7) is 6.64. The zero-order chi connectivity index (χ0) is 17.9. The van der Waals surface area contributed by atoms with Crippen LogP contribution in [0.25, 0.3) is 0 Å². The molecule has 0 saturated carbocycles. The lowest BCUT2D eigenvalue weighted by Crippen LogP contribution is -2.52. The molecule has 1 aliphatic heterocycles. The number of piperazine rings is 1. The zero-order valence-electron chi connectivity index (χ0n) is 13.9. The summed E-state index contributed by atoms with van der Waals surface area (Å²) in [5.41, 5.74) is -0.528. The van der Waals surface area contributed by atoms with Crippen molar-refractivity contribution in [3.05, 3.63) is 29.8 Å². The Morgan fingerprint density at radius 2 is 1.50 bits per heavy atom. The van der Waals surface area contributed by atoms with Gasteiger partial charge in [-0.25, -0.2) is 18.4 Å². The molecule has 1 aliphatic rings. The molecule has 3 amide bonds. The highest BCUT2D eigenvalue weighted by atomic mass is 19.1. The third kappa shape index (κ3) is 5.07. The van der Waals surface area contributed by atoms with Crippen LogP contribution in [-0.2, 0) is 4.74 Å². The lowest BCUT2D eigenvalue weighted by molar-refractivity contribution is 0.0174. The first-order valence-corrected chi connectivity index (χ1v) is 7.64. The first-order chi connectivity index (χ1) is 11.1. The van der Waals surface area contributed by atoms with Crippen molar-refractivity contribution < 1.29 is 23.1 Å². The van der Waals surface area contributed by atoms with Crippen molar-refractivity contribution >= 4 is 17.8 Å². The molecule has 0 spiro atoms. The molecule has 8 heteroatoms. The molecule has 1 N–H and O–H groups in total. The Kier molecular flexibility index (Phi) is 5.26. The number of anilines is 1. The van der Waals surface area contributed by atoms with Crippen molar-refractivity contribution in [3.63, 3.8) is 0 Å². The predicted molar refractivity (Wildman–Crippen MR) is 84.8 cm³/mol. The van der Waals surface area contributed by atoms with Crippen LogP contribution >= 0.6 is 0 Å². The molecule has 0 radical (unpaired) electrons. The molecule has 1 saturated heterocycles. The van der Waals surface area contributed by atoms with E-state index in [1.54, 1.807) is 20.8 Å². The van der Waals surface area contributed by atoms with Crippen LogP contribution < -0.4 is 5.32 Å². The normalized spacial score (nSPS) is 15.2. The maximum atomic E-state index is 13.1. The van der Waals surface area contributed by atoms with E-state index in [-0.39, 0.29) is 5.69 Å². The van der Waals surface area contributed by atoms with Gasteiger partial charge in [0.15, 0.2) is 0 Å². The fourth-order valence-electron chi connectivity index (χ4n) is 2.25. The summed E-state index contributed by atoms with van der Waals surface area (Å²) >= 11 is 0. The van der Waals surface area contributed by atoms with Gasteiger partial charge in [-0.3, -0.25) is 0 Å². The lowest BCUT2D eigenvalue weighted by atomic mass is 10.2. The van der Waals surface area contributed by atoms with E-state index < -0.39 is 29.4 Å². The molecule has 6 nitrogen and oxygen atoms in total. The van der Waals surface area contributed by atoms with E-state index in [1.807, 2.05) is 0 Å². The summed E-state index contributed by atoms with van der Waals surface area (Å²) in [7, 11) is 0. The summed E-state index contributed by atoms with van der Waals surface area (Å²) in [6.07, 6.45) is -0.422. The predicted octanol–water partition coefficient (Wildman–Crippen LogP) is 3.05. The van der Waals surface area contributed by atoms with Gasteiger partial charge in [-0.15, -0.1) is 0 Å². The van der Waals surface area contributed by atoms with E-state index in [1.165, 1.54) is 9.80 Å². The van der Waals surface area contributed by atoms with Gasteiger partial charge >= 0.3 is 12.1 Å². The van der Waals surface area contributed by atoms with E-state index in [0.717, 1.165) is 18.2 Å². The minimum Gasteiger partial charge on any atom is -0.444 e. The Balaban J connectivity index is 1.87. The van der Waals surface area contributed by atoms with Gasteiger partial charge in [0.25, 0.3) is 0 Å². The summed E-state index contributed by atoms with van der Waals surface area (Å²) < 4.78 is 31.5. The smallest absolute Gasteiger partial charge is 0.410 e. The Morgan fingerprint density at radius 1 is 1.00 bits per heavy atom. The van der Waals surface area contributed by atoms with Crippen LogP contribution in [0.1, 0.15) is 20.8 Å². The quantitative estimate of drug-likeness (QED) is 0.854. The number of carbonyl (C=O) groups is 2. The van der Waals surface area contributed by atoms with Crippen molar-refractivity contribution in [2.45, 2.75) is 26.4 Å². The fraction of sp³-hybridized carbons (Fsp3) is 0.500. The maximum absolute atomic E-state index is 13.1. The van der Waals surface area contributed by atoms with Crippen LogP contribution in [0.5, 0.6) is 0 Å². The van der Waals surface area contributed by atoms with Crippen molar-refractivity contribution in [3.8, 4) is 0 Å². The van der Waals surface area contributed by atoms with Crippen molar-refractivity contribution in [1.82, 2.24) is 9.80 Å². The largest absolute Gasteiger partial charge is 0.444 e. The van der Waals surface area contributed by atoms with Gasteiger partial charge in [0.2, 0.25) is 0 Å². The van der Waals surface area contributed by atoms with E-state index in [0.29, 0.717) is 26.2 Å². The van der Waals surface area contributed by atoms with Crippen LogP contribution in [-0.4, -0.2) is 53.7 Å². The first kappa shape index (κ1) is 18.0. The molecule has 2 rings (SSSR count). The maximum Gasteiger partial charge on any atom is 0.410 e. The Morgan fingerprint density at radius 3 is 2.00 bits per heavy atom. The number of carbonyl (C=O) groups excluding carboxylic acids is 2. The van der Waals surface area contributed by atoms with Gasteiger partial charge < -0.3 is 19.9 Å². The Labute approximate surface area is 139 Å². The molecule has 0 aliphatic carbocycles. The van der Waals surface area contributed by atoms with Crippen LogP contribution in [0, 0.1) is 11.6 Å². The molecule has 0 aromatic heterocycles. The molecule has 1 aromatic rings. The highest BCUT2D eigenvalue weighted by molar-refractivity contribution is 5.89. The average Bonchev–Trinajstić information content (AvgIpc) is 2.44. The molecule has 0 bridgehead atoms. The molecule has 1 aromatic carbocycles. The first-order valence-electron chi connectivity index (χ1n) is 7.64. The number of halogens is 2. The number of benzene rings is 1. The van der Waals surface area contributed by atoms with E-state index in [9.17, 15) is 18.4 Å². The molecule has 1 heterocycles. The van der Waals surface area contributed by atoms with Gasteiger partial charge in [0, 0.05) is 37.9 Å². The number of ether oxygens (including phenoxy) is 1. The second-order valence-corrected chi connectivity index (χ2v) is 6.54. The molecule has 132 valence electrons. The Hall–Kier alpha value is -2.38. The summed E-state index contributed by atoms with van der Waals surface area (Å²) in [5, 5.41) is 2.45. The summed E-state index contributed by atoms with van der Waals surface area (Å²) in [6, 6.07) is 2.34. The average molecular weight is 341 g/mol. The molecular weight excluding hydrogens is 320 g/mol. The standard InChI is InChI=1S/C16H21F2N3O3/c1-16(2,3)24-15(23)21-6-4-20(5-7-21)14(22)19-13-9-11(17)8-12(18)10-13/h8-10H,4-7H2,1-3H3,(H,19,22). The van der Waals surface area contributed by atoms with E-state index in [4.69, 9.17) is 4.74 Å². The number of urea groups is 1. The van der Waals surface area contributed by atoms with Crippen LogP contribution in [0.2, 0.25) is 0 Å². The third-order valence-corrected chi connectivity index (χ3v) is 3.33. The van der Waals surface area contributed by atoms with Crippen LogP contribution in [0.15, 0.2) is 18.2 Å². The lowest BCUT2D eigenvalue weighted by Gasteiger charge is -2.35. The van der Waals surface area contributed by atoms with Crippen molar-refractivity contribution in [2.75, 3.05) is 31.5 Å². The van der Waals surface area contributed by atoms with Crippen LogP contribution in [0.4, 0.5) is 24.1 Å². The number of hydrogen-bond acceptors (Lipinski definition) is 3. The second kappa shape index (κ2) is 7.02. The van der Waals surface area contributed by atoms with Crippen LogP contribution in [0.3, 0.4) is 0 Å². The molecular formula is C16H21F2N3O3. The summed E-state index contributed by atoms with van der Waals surface area (Å²) in [4.78, 5) is 27.1. The third-order valence-electron chi connectivity index (χ3n) is 3.33. The summed E-state index contributed by atoms with van der Waals surface area (Å²) in [5.74, 6) is -1.53. The number of rotatable bonds is 1. The Bertz CT molecular complexity index is 603. The number of amides is 3. The molecule has 1 fully saturated rings. The number of hydrogen-bond donors (Lipinski definition) is 1. The minimum atomic E-state index is -0.764. The molecule has 0 atom stereocenters. The van der Waals surface area contributed by atoms with E-state index >= 15 is 0 Å². The van der Waals surface area contributed by atoms with Gasteiger partial charge in [-0.1, -0.05) is 0 Å².